The first-order valence-corrected chi connectivity index (χ1v) is 8.17. The van der Waals surface area contributed by atoms with Crippen LogP contribution in [0, 0.1) is 0 Å². The summed E-state index contributed by atoms with van der Waals surface area (Å²) >= 11 is 12.3. The van der Waals surface area contributed by atoms with Crippen LogP contribution >= 0.6 is 23.2 Å². The minimum atomic E-state index is 0.615. The number of aliphatic imine (C=N–C) groups is 1. The molecule has 0 spiro atoms. The lowest BCUT2D eigenvalue weighted by molar-refractivity contribution is -0.671. The molecule has 2 heterocycles. The number of hydrogen-bond acceptors (Lipinski definition) is 2. The average molecular weight is 356 g/mol. The topological polar surface area (TPSA) is 25.5 Å². The fraction of sp³-hybridized carbons (Fsp3) is 0.0526. The van der Waals surface area contributed by atoms with Gasteiger partial charge in [-0.05, 0) is 36.4 Å². The van der Waals surface area contributed by atoms with Crippen molar-refractivity contribution in [2.75, 3.05) is 0 Å². The van der Waals surface area contributed by atoms with Crippen LogP contribution in [0.25, 0.3) is 0 Å². The van der Waals surface area contributed by atoms with Gasteiger partial charge in [-0.3, -0.25) is 0 Å². The summed E-state index contributed by atoms with van der Waals surface area (Å²) in [6.45, 7) is 0. The van der Waals surface area contributed by atoms with Gasteiger partial charge in [-0.1, -0.05) is 23.2 Å². The van der Waals surface area contributed by atoms with E-state index in [4.69, 9.17) is 32.9 Å². The van der Waals surface area contributed by atoms with Gasteiger partial charge in [0.05, 0.1) is 5.71 Å². The van der Waals surface area contributed by atoms with E-state index in [0.29, 0.717) is 27.2 Å². The minimum absolute atomic E-state index is 0.615. The third-order valence-corrected chi connectivity index (χ3v) is 4.29. The fourth-order valence-electron chi connectivity index (χ4n) is 2.62. The van der Waals surface area contributed by atoms with Crippen molar-refractivity contribution < 1.29 is 9.30 Å². The van der Waals surface area contributed by atoms with Crippen LogP contribution in [0.2, 0.25) is 10.0 Å². The number of halogens is 2. The Morgan fingerprint density at radius 1 is 0.875 bits per heavy atom. The summed E-state index contributed by atoms with van der Waals surface area (Å²) in [5.41, 5.74) is 3.32. The third-order valence-electron chi connectivity index (χ3n) is 3.82. The Bertz CT molecular complexity index is 966. The molecule has 1 aromatic heterocycles. The number of nitrogens with zero attached hydrogens (tertiary/aromatic N) is 2. The number of aromatic nitrogens is 1. The van der Waals surface area contributed by atoms with E-state index in [-0.39, 0.29) is 0 Å². The van der Waals surface area contributed by atoms with Crippen molar-refractivity contribution in [3.63, 3.8) is 0 Å². The van der Waals surface area contributed by atoms with Crippen LogP contribution in [0.1, 0.15) is 11.1 Å². The highest BCUT2D eigenvalue weighted by Gasteiger charge is 2.20. The predicted octanol–water partition coefficient (Wildman–Crippen LogP) is 5.09. The van der Waals surface area contributed by atoms with Crippen molar-refractivity contribution in [1.82, 2.24) is 0 Å². The Morgan fingerprint density at radius 3 is 2.29 bits per heavy atom. The predicted molar refractivity (Wildman–Crippen MR) is 95.9 cm³/mol. The van der Waals surface area contributed by atoms with Crippen molar-refractivity contribution >= 4 is 34.6 Å². The lowest BCUT2D eigenvalue weighted by Gasteiger charge is -2.10. The van der Waals surface area contributed by atoms with Crippen molar-refractivity contribution in [2.24, 2.45) is 12.0 Å². The van der Waals surface area contributed by atoms with E-state index in [9.17, 15) is 0 Å². The van der Waals surface area contributed by atoms with Gasteiger partial charge in [-0.15, -0.1) is 0 Å². The Balaban J connectivity index is 1.99. The smallest absolute Gasteiger partial charge is 0.169 e. The van der Waals surface area contributed by atoms with Crippen molar-refractivity contribution in [2.45, 2.75) is 0 Å². The van der Waals surface area contributed by atoms with Crippen LogP contribution in [-0.2, 0) is 7.05 Å². The second kappa shape index (κ2) is 5.93. The van der Waals surface area contributed by atoms with E-state index in [0.717, 1.165) is 16.8 Å². The highest BCUT2D eigenvalue weighted by molar-refractivity contribution is 6.32. The average Bonchev–Trinajstić information content (AvgIpc) is 2.72. The van der Waals surface area contributed by atoms with Crippen LogP contribution in [0.5, 0.6) is 11.5 Å². The van der Waals surface area contributed by atoms with Gasteiger partial charge in [-0.2, -0.15) is 0 Å². The summed E-state index contributed by atoms with van der Waals surface area (Å²) in [6, 6.07) is 15.0. The number of aryl methyl sites for hydroxylation is 1. The molecule has 0 atom stereocenters. The molecular formula is C19H13Cl2N2O+. The van der Waals surface area contributed by atoms with Crippen LogP contribution in [-0.4, -0.2) is 5.71 Å². The van der Waals surface area contributed by atoms with Crippen molar-refractivity contribution in [3.8, 4) is 11.5 Å². The van der Waals surface area contributed by atoms with Gasteiger partial charge in [0.2, 0.25) is 0 Å². The molecular weight excluding hydrogens is 343 g/mol. The van der Waals surface area contributed by atoms with E-state index in [1.54, 1.807) is 12.1 Å². The molecule has 2 aromatic carbocycles. The molecule has 5 heteroatoms. The maximum atomic E-state index is 6.21. The quantitative estimate of drug-likeness (QED) is 0.436. The lowest BCUT2D eigenvalue weighted by Crippen LogP contribution is -2.26. The Hall–Kier alpha value is -2.36. The molecule has 0 fully saturated rings. The molecule has 0 radical (unpaired) electrons. The first kappa shape index (κ1) is 15.2. The fourth-order valence-corrected chi connectivity index (χ4v) is 2.96. The van der Waals surface area contributed by atoms with Crippen molar-refractivity contribution in [1.29, 1.82) is 0 Å². The highest BCUT2D eigenvalue weighted by Crippen LogP contribution is 2.40. The number of fused-ring (bicyclic) bond motifs is 2. The van der Waals surface area contributed by atoms with Crippen molar-refractivity contribution in [3.05, 3.63) is 82.1 Å². The van der Waals surface area contributed by atoms with Crippen LogP contribution in [0.15, 0.2) is 65.9 Å². The molecule has 118 valence electrons. The van der Waals surface area contributed by atoms with Gasteiger partial charge >= 0.3 is 0 Å². The highest BCUT2D eigenvalue weighted by atomic mass is 35.5. The largest absolute Gasteiger partial charge is 0.454 e. The van der Waals surface area contributed by atoms with Gasteiger partial charge in [0.1, 0.15) is 18.5 Å². The SMILES string of the molecule is C[n+]1ccc(C2=Nc3cc(Cl)ccc3Oc3ccc(Cl)cc32)cc1. The summed E-state index contributed by atoms with van der Waals surface area (Å²) < 4.78 is 8.02. The zero-order valence-corrected chi connectivity index (χ0v) is 14.3. The molecule has 0 amide bonds. The molecule has 3 nitrogen and oxygen atoms in total. The number of rotatable bonds is 1. The number of pyridine rings is 1. The number of ether oxygens (including phenoxy) is 1. The molecule has 1 aliphatic rings. The zero-order valence-electron chi connectivity index (χ0n) is 12.8. The lowest BCUT2D eigenvalue weighted by atomic mass is 10.0. The van der Waals surface area contributed by atoms with E-state index in [2.05, 4.69) is 0 Å². The van der Waals surface area contributed by atoms with E-state index < -0.39 is 0 Å². The maximum Gasteiger partial charge on any atom is 0.169 e. The first-order valence-electron chi connectivity index (χ1n) is 7.42. The summed E-state index contributed by atoms with van der Waals surface area (Å²) in [6.07, 6.45) is 3.96. The third kappa shape index (κ3) is 2.77. The maximum absolute atomic E-state index is 6.21. The molecule has 0 aliphatic carbocycles. The Labute approximate surface area is 149 Å². The molecule has 1 aliphatic heterocycles. The van der Waals surface area contributed by atoms with Crippen LogP contribution in [0.4, 0.5) is 5.69 Å². The van der Waals surface area contributed by atoms with E-state index >= 15 is 0 Å². The summed E-state index contributed by atoms with van der Waals surface area (Å²) in [5, 5.41) is 1.25. The molecule has 0 N–H and O–H groups in total. The normalized spacial score (nSPS) is 12.5. The van der Waals surface area contributed by atoms with Gasteiger partial charge in [0.25, 0.3) is 0 Å². The van der Waals surface area contributed by atoms with Crippen LogP contribution in [0.3, 0.4) is 0 Å². The standard InChI is InChI=1S/C19H13Cl2N2O/c1-23-8-6-12(7-9-23)19-15-10-13(20)2-4-17(15)24-18-5-3-14(21)11-16(18)22-19/h2-11H,1H3/q+1. The molecule has 3 aromatic rings. The Kier molecular flexibility index (Phi) is 3.75. The second-order valence-corrected chi connectivity index (χ2v) is 6.44. The van der Waals surface area contributed by atoms with Gasteiger partial charge in [0.15, 0.2) is 18.1 Å². The minimum Gasteiger partial charge on any atom is -0.454 e. The first-order chi connectivity index (χ1) is 11.6. The summed E-state index contributed by atoms with van der Waals surface area (Å²) in [7, 11) is 1.97. The number of benzene rings is 2. The van der Waals surface area contributed by atoms with Crippen LogP contribution < -0.4 is 9.30 Å². The number of hydrogen-bond donors (Lipinski definition) is 0. The molecule has 0 bridgehead atoms. The molecule has 24 heavy (non-hydrogen) atoms. The Morgan fingerprint density at radius 2 is 1.54 bits per heavy atom. The van der Waals surface area contributed by atoms with Gasteiger partial charge in [-0.25, -0.2) is 9.56 Å². The monoisotopic (exact) mass is 355 g/mol. The molecule has 4 rings (SSSR count). The second-order valence-electron chi connectivity index (χ2n) is 5.57. The van der Waals surface area contributed by atoms with Gasteiger partial charge < -0.3 is 4.74 Å². The summed E-state index contributed by atoms with van der Waals surface area (Å²) in [4.78, 5) is 4.82. The molecule has 0 saturated heterocycles. The molecule has 0 saturated carbocycles. The van der Waals surface area contributed by atoms with Gasteiger partial charge in [0, 0.05) is 33.3 Å². The summed E-state index contributed by atoms with van der Waals surface area (Å²) in [5.74, 6) is 1.38. The van der Waals surface area contributed by atoms with E-state index in [1.165, 1.54) is 0 Å². The van der Waals surface area contributed by atoms with E-state index in [1.807, 2.05) is 60.4 Å². The molecule has 0 unspecified atom stereocenters. The zero-order chi connectivity index (χ0) is 16.7.